The molecule has 0 aliphatic rings. The first-order valence-corrected chi connectivity index (χ1v) is 6.22. The van der Waals surface area contributed by atoms with Gasteiger partial charge in [-0.05, 0) is 18.2 Å². The fraction of sp³-hybridized carbons (Fsp3) is 0.400. The summed E-state index contributed by atoms with van der Waals surface area (Å²) in [5.74, 6) is 1.81. The molecule has 0 unspecified atom stereocenters. The lowest BCUT2D eigenvalue weighted by molar-refractivity contribution is -0.385. The summed E-state index contributed by atoms with van der Waals surface area (Å²) in [6.07, 6.45) is 0.908. The highest BCUT2D eigenvalue weighted by molar-refractivity contribution is 7.99. The molecule has 0 radical (unpaired) electrons. The average Bonchev–Trinajstić information content (AvgIpc) is 2.29. The SMILES string of the molecule is COc1cc(SCCCCl)ccc1[N+](=O)[O-]. The van der Waals surface area contributed by atoms with Gasteiger partial charge in [-0.1, -0.05) is 0 Å². The number of hydrogen-bond acceptors (Lipinski definition) is 4. The summed E-state index contributed by atoms with van der Waals surface area (Å²) in [5.41, 5.74) is -0.0100. The lowest BCUT2D eigenvalue weighted by Crippen LogP contribution is -1.93. The molecule has 0 N–H and O–H groups in total. The molecule has 0 aromatic heterocycles. The largest absolute Gasteiger partial charge is 0.490 e. The van der Waals surface area contributed by atoms with E-state index < -0.39 is 4.92 Å². The molecule has 1 aromatic rings. The van der Waals surface area contributed by atoms with E-state index in [9.17, 15) is 10.1 Å². The van der Waals surface area contributed by atoms with E-state index in [1.54, 1.807) is 23.9 Å². The molecule has 0 aliphatic heterocycles. The zero-order chi connectivity index (χ0) is 12.0. The molecule has 0 heterocycles. The molecular weight excluding hydrogens is 250 g/mol. The molecule has 88 valence electrons. The maximum Gasteiger partial charge on any atom is 0.310 e. The monoisotopic (exact) mass is 261 g/mol. The van der Waals surface area contributed by atoms with Gasteiger partial charge >= 0.3 is 5.69 Å². The van der Waals surface area contributed by atoms with Gasteiger partial charge < -0.3 is 4.74 Å². The minimum atomic E-state index is -0.452. The van der Waals surface area contributed by atoms with Gasteiger partial charge in [-0.3, -0.25) is 10.1 Å². The number of alkyl halides is 1. The number of nitro groups is 1. The molecule has 0 saturated heterocycles. The minimum Gasteiger partial charge on any atom is -0.490 e. The van der Waals surface area contributed by atoms with E-state index in [1.165, 1.54) is 13.2 Å². The normalized spacial score (nSPS) is 10.1. The van der Waals surface area contributed by atoms with Gasteiger partial charge in [0.25, 0.3) is 0 Å². The Morgan fingerprint density at radius 2 is 2.31 bits per heavy atom. The summed E-state index contributed by atoms with van der Waals surface area (Å²) < 4.78 is 4.97. The Bertz CT molecular complexity index is 373. The predicted octanol–water partition coefficient (Wildman–Crippen LogP) is 3.32. The Morgan fingerprint density at radius 3 is 2.88 bits per heavy atom. The quantitative estimate of drug-likeness (QED) is 0.259. The molecule has 1 rings (SSSR count). The molecule has 0 saturated carbocycles. The molecule has 0 fully saturated rings. The van der Waals surface area contributed by atoms with Gasteiger partial charge in [0.2, 0.25) is 0 Å². The molecule has 0 aliphatic carbocycles. The first kappa shape index (κ1) is 13.1. The number of methoxy groups -OCH3 is 1. The zero-order valence-corrected chi connectivity index (χ0v) is 10.4. The fourth-order valence-corrected chi connectivity index (χ4v) is 2.31. The van der Waals surface area contributed by atoms with E-state index in [0.717, 1.165) is 17.1 Å². The van der Waals surface area contributed by atoms with Crippen molar-refractivity contribution in [3.05, 3.63) is 28.3 Å². The third-order valence-corrected chi connectivity index (χ3v) is 3.24. The molecule has 1 aromatic carbocycles. The van der Waals surface area contributed by atoms with Crippen molar-refractivity contribution < 1.29 is 9.66 Å². The second-order valence-electron chi connectivity index (χ2n) is 2.98. The predicted molar refractivity (Wildman–Crippen MR) is 65.7 cm³/mol. The Labute approximate surface area is 103 Å². The van der Waals surface area contributed by atoms with Gasteiger partial charge in [-0.25, -0.2) is 0 Å². The number of benzene rings is 1. The van der Waals surface area contributed by atoms with Crippen LogP contribution in [0.4, 0.5) is 5.69 Å². The van der Waals surface area contributed by atoms with E-state index in [2.05, 4.69) is 0 Å². The van der Waals surface area contributed by atoms with Crippen molar-refractivity contribution in [3.8, 4) is 5.75 Å². The van der Waals surface area contributed by atoms with Crippen LogP contribution in [0.15, 0.2) is 23.1 Å². The van der Waals surface area contributed by atoms with Crippen LogP contribution in [0.2, 0.25) is 0 Å². The highest BCUT2D eigenvalue weighted by Gasteiger charge is 2.14. The number of halogens is 1. The Balaban J connectivity index is 2.78. The van der Waals surface area contributed by atoms with Crippen molar-refractivity contribution in [2.75, 3.05) is 18.7 Å². The highest BCUT2D eigenvalue weighted by atomic mass is 35.5. The van der Waals surface area contributed by atoms with Crippen molar-refractivity contribution >= 4 is 29.1 Å². The molecule has 0 bridgehead atoms. The van der Waals surface area contributed by atoms with Gasteiger partial charge in [0.05, 0.1) is 12.0 Å². The summed E-state index contributed by atoms with van der Waals surface area (Å²) in [6.45, 7) is 0. The number of nitrogens with zero attached hydrogens (tertiary/aromatic N) is 1. The van der Waals surface area contributed by atoms with Crippen molar-refractivity contribution in [1.29, 1.82) is 0 Å². The molecule has 16 heavy (non-hydrogen) atoms. The third kappa shape index (κ3) is 3.57. The Hall–Kier alpha value is -0.940. The summed E-state index contributed by atoms with van der Waals surface area (Å²) in [4.78, 5) is 11.2. The van der Waals surface area contributed by atoms with Crippen LogP contribution in [0.5, 0.6) is 5.75 Å². The smallest absolute Gasteiger partial charge is 0.310 e. The molecule has 0 atom stereocenters. The number of hydrogen-bond donors (Lipinski definition) is 0. The van der Waals surface area contributed by atoms with E-state index >= 15 is 0 Å². The molecule has 0 spiro atoms. The molecule has 6 heteroatoms. The lowest BCUT2D eigenvalue weighted by Gasteiger charge is -2.04. The molecule has 4 nitrogen and oxygen atoms in total. The van der Waals surface area contributed by atoms with Gasteiger partial charge in [0.15, 0.2) is 5.75 Å². The van der Waals surface area contributed by atoms with Crippen LogP contribution >= 0.6 is 23.4 Å². The van der Waals surface area contributed by atoms with E-state index in [4.69, 9.17) is 16.3 Å². The van der Waals surface area contributed by atoms with E-state index in [-0.39, 0.29) is 5.69 Å². The second-order valence-corrected chi connectivity index (χ2v) is 4.53. The fourth-order valence-electron chi connectivity index (χ4n) is 1.14. The lowest BCUT2D eigenvalue weighted by atomic mass is 10.3. The third-order valence-electron chi connectivity index (χ3n) is 1.89. The van der Waals surface area contributed by atoms with Crippen molar-refractivity contribution in [1.82, 2.24) is 0 Å². The van der Waals surface area contributed by atoms with Crippen LogP contribution in [-0.4, -0.2) is 23.7 Å². The van der Waals surface area contributed by atoms with Gasteiger partial charge in [-0.2, -0.15) is 0 Å². The Morgan fingerprint density at radius 1 is 1.56 bits per heavy atom. The average molecular weight is 262 g/mol. The van der Waals surface area contributed by atoms with E-state index in [0.29, 0.717) is 11.6 Å². The molecule has 0 amide bonds. The summed E-state index contributed by atoms with van der Waals surface area (Å²) in [5, 5.41) is 10.7. The van der Waals surface area contributed by atoms with Crippen molar-refractivity contribution in [3.63, 3.8) is 0 Å². The van der Waals surface area contributed by atoms with Crippen molar-refractivity contribution in [2.45, 2.75) is 11.3 Å². The Kier molecular flexibility index (Phi) is 5.42. The van der Waals surface area contributed by atoms with Crippen LogP contribution in [0, 0.1) is 10.1 Å². The van der Waals surface area contributed by atoms with Gasteiger partial charge in [0, 0.05) is 22.9 Å². The van der Waals surface area contributed by atoms with Crippen LogP contribution in [0.25, 0.3) is 0 Å². The standard InChI is InChI=1S/C10H12ClNO3S/c1-15-10-7-8(16-6-2-5-11)3-4-9(10)12(13)14/h3-4,7H,2,5-6H2,1H3. The number of ether oxygens (including phenoxy) is 1. The summed E-state index contributed by atoms with van der Waals surface area (Å²) in [7, 11) is 1.43. The summed E-state index contributed by atoms with van der Waals surface area (Å²) in [6, 6.07) is 4.86. The van der Waals surface area contributed by atoms with Crippen LogP contribution < -0.4 is 4.74 Å². The van der Waals surface area contributed by atoms with Crippen LogP contribution in [-0.2, 0) is 0 Å². The number of rotatable bonds is 6. The van der Waals surface area contributed by atoms with Gasteiger partial charge in [-0.15, -0.1) is 23.4 Å². The maximum atomic E-state index is 10.7. The second kappa shape index (κ2) is 6.60. The maximum absolute atomic E-state index is 10.7. The topological polar surface area (TPSA) is 52.4 Å². The van der Waals surface area contributed by atoms with Gasteiger partial charge in [0.1, 0.15) is 0 Å². The first-order chi connectivity index (χ1) is 7.69. The van der Waals surface area contributed by atoms with Crippen LogP contribution in [0.1, 0.15) is 6.42 Å². The summed E-state index contributed by atoms with van der Waals surface area (Å²) >= 11 is 7.17. The van der Waals surface area contributed by atoms with Crippen LogP contribution in [0.3, 0.4) is 0 Å². The highest BCUT2D eigenvalue weighted by Crippen LogP contribution is 2.31. The van der Waals surface area contributed by atoms with Crippen molar-refractivity contribution in [2.24, 2.45) is 0 Å². The number of thioether (sulfide) groups is 1. The number of nitro benzene ring substituents is 1. The first-order valence-electron chi connectivity index (χ1n) is 4.70. The minimum absolute atomic E-state index is 0.0100. The molecular formula is C10H12ClNO3S. The zero-order valence-electron chi connectivity index (χ0n) is 8.81. The van der Waals surface area contributed by atoms with E-state index in [1.807, 2.05) is 0 Å².